The van der Waals surface area contributed by atoms with Crippen LogP contribution in [0.25, 0.3) is 0 Å². The van der Waals surface area contributed by atoms with Crippen LogP contribution in [-0.4, -0.2) is 73.4 Å². The molecule has 1 aromatic heterocycles. The molecule has 4 rings (SSSR count). The molecule has 0 spiro atoms. The third-order valence-corrected chi connectivity index (χ3v) is 10.2. The molecule has 3 aromatic rings. The number of nitrogens with zero attached hydrogens (tertiary/aromatic N) is 2. The van der Waals surface area contributed by atoms with E-state index in [1.54, 1.807) is 47.5 Å². The first-order chi connectivity index (χ1) is 19.1. The SMILES string of the molecule is C[C@H](CO)N1C[C@H](C)[C@@H](CN(C)S(=O)(=O)c2cccs2)Oc2ccc(NC(=O)Cc3ccccc3)cc2CC1=O. The number of hydrogen-bond acceptors (Lipinski definition) is 7. The number of fused-ring (bicyclic) bond motifs is 1. The number of aliphatic hydroxyl groups is 1. The number of thiophene rings is 1. The number of anilines is 1. The molecule has 0 unspecified atom stereocenters. The van der Waals surface area contributed by atoms with Crippen molar-refractivity contribution in [3.63, 3.8) is 0 Å². The van der Waals surface area contributed by atoms with Crippen molar-refractivity contribution >= 4 is 38.9 Å². The monoisotopic (exact) mass is 585 g/mol. The van der Waals surface area contributed by atoms with Gasteiger partial charge in [0.05, 0.1) is 32.0 Å². The molecule has 2 heterocycles. The average molecular weight is 586 g/mol. The molecular weight excluding hydrogens is 550 g/mol. The van der Waals surface area contributed by atoms with Gasteiger partial charge in [-0.05, 0) is 42.1 Å². The number of benzene rings is 2. The Kier molecular flexibility index (Phi) is 9.62. The van der Waals surface area contributed by atoms with Crippen LogP contribution in [0.3, 0.4) is 0 Å². The summed E-state index contributed by atoms with van der Waals surface area (Å²) < 4.78 is 34.2. The first-order valence-corrected chi connectivity index (χ1v) is 15.4. The standard InChI is InChI=1S/C29H35N3O6S2/c1-20-17-32(21(2)19-33)28(35)16-23-15-24(30-27(34)14-22-8-5-4-6-9-22)11-12-25(23)38-26(20)18-31(3)40(36,37)29-10-7-13-39-29/h4-13,15,20-21,26,33H,14,16-19H2,1-3H3,(H,30,34)/t20-,21+,26+/m0/s1. The molecule has 1 aliphatic heterocycles. The quantitative estimate of drug-likeness (QED) is 0.398. The summed E-state index contributed by atoms with van der Waals surface area (Å²) in [6, 6.07) is 17.4. The van der Waals surface area contributed by atoms with E-state index >= 15 is 0 Å². The van der Waals surface area contributed by atoms with Crippen LogP contribution in [0.1, 0.15) is 25.0 Å². The van der Waals surface area contributed by atoms with Gasteiger partial charge >= 0.3 is 0 Å². The number of likely N-dealkylation sites (N-methyl/N-ethyl adjacent to an activating group) is 1. The van der Waals surface area contributed by atoms with Gasteiger partial charge in [0.2, 0.25) is 11.8 Å². The van der Waals surface area contributed by atoms with E-state index < -0.39 is 22.2 Å². The second-order valence-electron chi connectivity index (χ2n) is 10.1. The van der Waals surface area contributed by atoms with Crippen molar-refractivity contribution in [2.45, 2.75) is 43.0 Å². The predicted molar refractivity (Wildman–Crippen MR) is 155 cm³/mol. The van der Waals surface area contributed by atoms with E-state index in [9.17, 15) is 23.1 Å². The Labute approximate surface area is 239 Å². The Morgan fingerprint density at radius 3 is 2.62 bits per heavy atom. The summed E-state index contributed by atoms with van der Waals surface area (Å²) in [5, 5.41) is 14.5. The van der Waals surface area contributed by atoms with Crippen LogP contribution in [0.4, 0.5) is 5.69 Å². The molecule has 3 atom stereocenters. The van der Waals surface area contributed by atoms with Crippen molar-refractivity contribution in [1.82, 2.24) is 9.21 Å². The Balaban J connectivity index is 1.61. The normalized spacial score (nSPS) is 18.7. The fraction of sp³-hybridized carbons (Fsp3) is 0.379. The van der Waals surface area contributed by atoms with Crippen molar-refractivity contribution in [1.29, 1.82) is 0 Å². The highest BCUT2D eigenvalue weighted by Crippen LogP contribution is 2.30. The lowest BCUT2D eigenvalue weighted by molar-refractivity contribution is -0.134. The molecule has 0 saturated carbocycles. The molecule has 214 valence electrons. The number of nitrogens with one attached hydrogen (secondary N) is 1. The minimum Gasteiger partial charge on any atom is -0.488 e. The number of rotatable bonds is 9. The summed E-state index contributed by atoms with van der Waals surface area (Å²) in [6.07, 6.45) is -0.374. The molecular formula is C29H35N3O6S2. The molecule has 40 heavy (non-hydrogen) atoms. The number of aliphatic hydroxyl groups excluding tert-OH is 1. The van der Waals surface area contributed by atoms with E-state index in [0.717, 1.165) is 16.9 Å². The van der Waals surface area contributed by atoms with Crippen molar-refractivity contribution in [3.8, 4) is 5.75 Å². The molecule has 9 nitrogen and oxygen atoms in total. The zero-order valence-corrected chi connectivity index (χ0v) is 24.5. The first-order valence-electron chi connectivity index (χ1n) is 13.1. The molecule has 0 radical (unpaired) electrons. The van der Waals surface area contributed by atoms with E-state index in [0.29, 0.717) is 17.0 Å². The van der Waals surface area contributed by atoms with E-state index in [-0.39, 0.29) is 54.5 Å². The topological polar surface area (TPSA) is 116 Å². The van der Waals surface area contributed by atoms with Crippen molar-refractivity contribution < 1.29 is 27.9 Å². The summed E-state index contributed by atoms with van der Waals surface area (Å²) in [4.78, 5) is 27.7. The molecule has 2 N–H and O–H groups in total. The fourth-order valence-electron chi connectivity index (χ4n) is 4.63. The van der Waals surface area contributed by atoms with Gasteiger partial charge < -0.3 is 20.1 Å². The summed E-state index contributed by atoms with van der Waals surface area (Å²) in [5.74, 6) is -0.183. The third kappa shape index (κ3) is 7.08. The second kappa shape index (κ2) is 12.9. The Hall–Kier alpha value is -3.25. The van der Waals surface area contributed by atoms with Gasteiger partial charge in [-0.1, -0.05) is 43.3 Å². The lowest BCUT2D eigenvalue weighted by atomic mass is 10.0. The van der Waals surface area contributed by atoms with E-state index in [4.69, 9.17) is 4.74 Å². The zero-order chi connectivity index (χ0) is 28.9. The summed E-state index contributed by atoms with van der Waals surface area (Å²) in [7, 11) is -2.20. The number of ether oxygens (including phenoxy) is 1. The molecule has 1 aliphatic rings. The van der Waals surface area contributed by atoms with Crippen molar-refractivity contribution in [2.24, 2.45) is 5.92 Å². The van der Waals surface area contributed by atoms with E-state index in [2.05, 4.69) is 5.32 Å². The molecule has 0 aliphatic carbocycles. The smallest absolute Gasteiger partial charge is 0.252 e. The molecule has 2 amide bonds. The van der Waals surface area contributed by atoms with Gasteiger partial charge in [0.15, 0.2) is 0 Å². The van der Waals surface area contributed by atoms with Crippen molar-refractivity contribution in [3.05, 3.63) is 77.2 Å². The van der Waals surface area contributed by atoms with Gasteiger partial charge in [-0.3, -0.25) is 9.59 Å². The molecule has 0 fully saturated rings. The lowest BCUT2D eigenvalue weighted by Gasteiger charge is -2.33. The number of carbonyl (C=O) groups excluding carboxylic acids is 2. The maximum Gasteiger partial charge on any atom is 0.252 e. The largest absolute Gasteiger partial charge is 0.488 e. The van der Waals surface area contributed by atoms with Crippen LogP contribution >= 0.6 is 11.3 Å². The number of sulfonamides is 1. The van der Waals surface area contributed by atoms with Gasteiger partial charge in [0.1, 0.15) is 16.1 Å². The Morgan fingerprint density at radius 2 is 1.95 bits per heavy atom. The fourth-order valence-corrected chi connectivity index (χ4v) is 7.01. The lowest BCUT2D eigenvalue weighted by Crippen LogP contribution is -2.48. The van der Waals surface area contributed by atoms with Crippen molar-refractivity contribution in [2.75, 3.05) is 32.1 Å². The maximum absolute atomic E-state index is 13.4. The van der Waals surface area contributed by atoms with Crippen LogP contribution < -0.4 is 10.1 Å². The van der Waals surface area contributed by atoms with Crippen LogP contribution in [0.2, 0.25) is 0 Å². The highest BCUT2D eigenvalue weighted by atomic mass is 32.2. The van der Waals surface area contributed by atoms with Crippen LogP contribution in [0, 0.1) is 5.92 Å². The molecule has 0 bridgehead atoms. The van der Waals surface area contributed by atoms with Crippen LogP contribution in [0.5, 0.6) is 5.75 Å². The minimum absolute atomic E-state index is 0.00480. The molecule has 0 saturated heterocycles. The summed E-state index contributed by atoms with van der Waals surface area (Å²) >= 11 is 1.15. The number of hydrogen-bond donors (Lipinski definition) is 2. The van der Waals surface area contributed by atoms with Crippen LogP contribution in [-0.2, 0) is 32.5 Å². The highest BCUT2D eigenvalue weighted by Gasteiger charge is 2.33. The summed E-state index contributed by atoms with van der Waals surface area (Å²) in [5.41, 5.74) is 1.98. The first kappa shape index (κ1) is 29.7. The van der Waals surface area contributed by atoms with E-state index in [1.807, 2.05) is 37.3 Å². The number of amides is 2. The van der Waals surface area contributed by atoms with Gasteiger partial charge in [-0.25, -0.2) is 8.42 Å². The predicted octanol–water partition coefficient (Wildman–Crippen LogP) is 3.40. The highest BCUT2D eigenvalue weighted by molar-refractivity contribution is 7.91. The van der Waals surface area contributed by atoms with E-state index in [1.165, 1.54) is 11.4 Å². The van der Waals surface area contributed by atoms with Crippen LogP contribution in [0.15, 0.2) is 70.3 Å². The summed E-state index contributed by atoms with van der Waals surface area (Å²) in [6.45, 7) is 3.81. The Bertz CT molecular complexity index is 1410. The van der Waals surface area contributed by atoms with Gasteiger partial charge in [0, 0.05) is 30.8 Å². The average Bonchev–Trinajstić information content (AvgIpc) is 3.49. The Morgan fingerprint density at radius 1 is 1.20 bits per heavy atom. The third-order valence-electron chi connectivity index (χ3n) is 7.00. The van der Waals surface area contributed by atoms with Gasteiger partial charge in [0.25, 0.3) is 10.0 Å². The molecule has 11 heteroatoms. The van der Waals surface area contributed by atoms with Gasteiger partial charge in [-0.2, -0.15) is 4.31 Å². The molecule has 2 aromatic carbocycles. The minimum atomic E-state index is -3.71. The van der Waals surface area contributed by atoms with Gasteiger partial charge in [-0.15, -0.1) is 11.3 Å². The maximum atomic E-state index is 13.4. The zero-order valence-electron chi connectivity index (χ0n) is 22.8. The second-order valence-corrected chi connectivity index (χ2v) is 13.4. The number of carbonyl (C=O) groups is 2.